The molecule has 116 valence electrons. The first kappa shape index (κ1) is 15.3. The molecule has 2 aromatic carbocycles. The van der Waals surface area contributed by atoms with E-state index in [0.29, 0.717) is 6.54 Å². The quantitative estimate of drug-likeness (QED) is 0.698. The van der Waals surface area contributed by atoms with Crippen LogP contribution in [0.3, 0.4) is 0 Å². The molecule has 0 saturated carbocycles. The van der Waals surface area contributed by atoms with E-state index in [0.717, 1.165) is 22.4 Å². The molecule has 1 unspecified atom stereocenters. The molecule has 0 saturated heterocycles. The number of nitrogens with zero attached hydrogens (tertiary/aromatic N) is 3. The molecule has 23 heavy (non-hydrogen) atoms. The van der Waals surface area contributed by atoms with E-state index in [1.54, 1.807) is 0 Å². The van der Waals surface area contributed by atoms with Crippen LogP contribution in [0.4, 0.5) is 0 Å². The Labute approximate surface area is 137 Å². The minimum atomic E-state index is -0.0572. The molecule has 3 nitrogen and oxygen atoms in total. The number of aromatic nitrogens is 2. The Morgan fingerprint density at radius 3 is 2.39 bits per heavy atom. The lowest BCUT2D eigenvalue weighted by Crippen LogP contribution is -2.07. The van der Waals surface area contributed by atoms with Gasteiger partial charge in [-0.25, -0.2) is 4.98 Å². The van der Waals surface area contributed by atoms with Crippen molar-refractivity contribution in [3.8, 4) is 17.5 Å². The molecule has 0 amide bonds. The van der Waals surface area contributed by atoms with Crippen molar-refractivity contribution in [3.63, 3.8) is 0 Å². The van der Waals surface area contributed by atoms with E-state index in [-0.39, 0.29) is 5.92 Å². The Balaban J connectivity index is 2.25. The number of aryl methyl sites for hydroxylation is 3. The minimum Gasteiger partial charge on any atom is -0.323 e. The van der Waals surface area contributed by atoms with Crippen molar-refractivity contribution in [1.29, 1.82) is 5.26 Å². The Bertz CT molecular complexity index is 895. The number of hydrogen-bond acceptors (Lipinski definition) is 2. The van der Waals surface area contributed by atoms with Gasteiger partial charge in [-0.1, -0.05) is 29.8 Å². The number of rotatable bonds is 3. The van der Waals surface area contributed by atoms with Gasteiger partial charge >= 0.3 is 0 Å². The average molecular weight is 303 g/mol. The molecule has 1 atom stereocenters. The van der Waals surface area contributed by atoms with Gasteiger partial charge in [0, 0.05) is 12.1 Å². The maximum atomic E-state index is 9.22. The zero-order valence-electron chi connectivity index (χ0n) is 14.1. The lowest BCUT2D eigenvalue weighted by molar-refractivity contribution is 0.597. The standard InChI is InChI=1S/C20H21N3/c1-13-5-7-17(8-6-13)20-22-18-9-15(3)16(4)10-19(18)23(20)12-14(2)11-21/h5-10,14H,12H2,1-4H3. The first-order chi connectivity index (χ1) is 11.0. The summed E-state index contributed by atoms with van der Waals surface area (Å²) in [6.45, 7) is 8.91. The van der Waals surface area contributed by atoms with E-state index < -0.39 is 0 Å². The third-order valence-electron chi connectivity index (χ3n) is 4.35. The maximum absolute atomic E-state index is 9.22. The van der Waals surface area contributed by atoms with Gasteiger partial charge in [0.05, 0.1) is 23.0 Å². The summed E-state index contributed by atoms with van der Waals surface area (Å²) in [6, 6.07) is 15.1. The van der Waals surface area contributed by atoms with Gasteiger partial charge in [-0.2, -0.15) is 5.26 Å². The second kappa shape index (κ2) is 5.89. The topological polar surface area (TPSA) is 41.6 Å². The lowest BCUT2D eigenvalue weighted by atomic mass is 10.1. The summed E-state index contributed by atoms with van der Waals surface area (Å²) in [7, 11) is 0. The van der Waals surface area contributed by atoms with Crippen molar-refractivity contribution in [3.05, 3.63) is 53.1 Å². The molecule has 3 aromatic rings. The van der Waals surface area contributed by atoms with Gasteiger partial charge in [0.1, 0.15) is 5.82 Å². The predicted molar refractivity (Wildman–Crippen MR) is 94.2 cm³/mol. The highest BCUT2D eigenvalue weighted by molar-refractivity contribution is 5.82. The van der Waals surface area contributed by atoms with E-state index in [4.69, 9.17) is 4.98 Å². The molecular formula is C20H21N3. The Morgan fingerprint density at radius 1 is 1.09 bits per heavy atom. The Morgan fingerprint density at radius 2 is 1.74 bits per heavy atom. The highest BCUT2D eigenvalue weighted by atomic mass is 15.1. The van der Waals surface area contributed by atoms with Gasteiger partial charge in [0.15, 0.2) is 0 Å². The van der Waals surface area contributed by atoms with Crippen molar-refractivity contribution in [2.45, 2.75) is 34.2 Å². The van der Waals surface area contributed by atoms with Crippen LogP contribution in [0.1, 0.15) is 23.6 Å². The molecular weight excluding hydrogens is 282 g/mol. The summed E-state index contributed by atoms with van der Waals surface area (Å²) in [5.41, 5.74) is 6.91. The SMILES string of the molecule is Cc1ccc(-c2nc3cc(C)c(C)cc3n2CC(C)C#N)cc1. The van der Waals surface area contributed by atoms with E-state index >= 15 is 0 Å². The molecule has 0 spiro atoms. The van der Waals surface area contributed by atoms with Crippen LogP contribution in [0.5, 0.6) is 0 Å². The second-order valence-corrected chi connectivity index (χ2v) is 6.37. The summed E-state index contributed by atoms with van der Waals surface area (Å²) in [4.78, 5) is 4.86. The molecule has 0 fully saturated rings. The second-order valence-electron chi connectivity index (χ2n) is 6.37. The molecule has 0 N–H and O–H groups in total. The predicted octanol–water partition coefficient (Wildman–Crippen LogP) is 4.79. The number of imidazole rings is 1. The maximum Gasteiger partial charge on any atom is 0.141 e. The van der Waals surface area contributed by atoms with Crippen molar-refractivity contribution in [1.82, 2.24) is 9.55 Å². The van der Waals surface area contributed by atoms with Gasteiger partial charge in [0.2, 0.25) is 0 Å². The number of nitriles is 1. The molecule has 0 aliphatic heterocycles. The van der Waals surface area contributed by atoms with Crippen LogP contribution in [-0.4, -0.2) is 9.55 Å². The highest BCUT2D eigenvalue weighted by Gasteiger charge is 2.15. The number of benzene rings is 2. The van der Waals surface area contributed by atoms with Crippen molar-refractivity contribution >= 4 is 11.0 Å². The van der Waals surface area contributed by atoms with E-state index in [2.05, 4.69) is 67.8 Å². The fourth-order valence-electron chi connectivity index (χ4n) is 2.80. The molecule has 0 radical (unpaired) electrons. The molecule has 3 rings (SSSR count). The largest absolute Gasteiger partial charge is 0.323 e. The van der Waals surface area contributed by atoms with Crippen LogP contribution in [0.25, 0.3) is 22.4 Å². The van der Waals surface area contributed by atoms with Crippen LogP contribution < -0.4 is 0 Å². The first-order valence-electron chi connectivity index (χ1n) is 7.93. The Hall–Kier alpha value is -2.60. The van der Waals surface area contributed by atoms with Gasteiger partial charge in [-0.3, -0.25) is 0 Å². The van der Waals surface area contributed by atoms with Crippen LogP contribution >= 0.6 is 0 Å². The summed E-state index contributed by atoms with van der Waals surface area (Å²) in [5, 5.41) is 9.22. The molecule has 1 heterocycles. The Kier molecular flexibility index (Phi) is 3.92. The highest BCUT2D eigenvalue weighted by Crippen LogP contribution is 2.28. The normalized spacial score (nSPS) is 12.3. The van der Waals surface area contributed by atoms with E-state index in [1.807, 2.05) is 6.92 Å². The lowest BCUT2D eigenvalue weighted by Gasteiger charge is -2.11. The van der Waals surface area contributed by atoms with Gasteiger partial charge in [-0.15, -0.1) is 0 Å². The van der Waals surface area contributed by atoms with Gasteiger partial charge in [0.25, 0.3) is 0 Å². The zero-order valence-corrected chi connectivity index (χ0v) is 14.1. The average Bonchev–Trinajstić information content (AvgIpc) is 2.86. The van der Waals surface area contributed by atoms with Crippen molar-refractivity contribution < 1.29 is 0 Å². The fourth-order valence-corrected chi connectivity index (χ4v) is 2.80. The summed E-state index contributed by atoms with van der Waals surface area (Å²) >= 11 is 0. The van der Waals surface area contributed by atoms with Gasteiger partial charge in [-0.05, 0) is 51.0 Å². The third-order valence-corrected chi connectivity index (χ3v) is 4.35. The first-order valence-corrected chi connectivity index (χ1v) is 7.93. The smallest absolute Gasteiger partial charge is 0.141 e. The third kappa shape index (κ3) is 2.85. The van der Waals surface area contributed by atoms with Crippen LogP contribution in [-0.2, 0) is 6.54 Å². The minimum absolute atomic E-state index is 0.0572. The van der Waals surface area contributed by atoms with Crippen LogP contribution in [0.15, 0.2) is 36.4 Å². The fraction of sp³-hybridized carbons (Fsp3) is 0.300. The molecule has 3 heteroatoms. The summed E-state index contributed by atoms with van der Waals surface area (Å²) in [6.07, 6.45) is 0. The number of fused-ring (bicyclic) bond motifs is 1. The van der Waals surface area contributed by atoms with E-state index in [1.165, 1.54) is 16.7 Å². The zero-order chi connectivity index (χ0) is 16.6. The summed E-state index contributed by atoms with van der Waals surface area (Å²) in [5.74, 6) is 0.880. The summed E-state index contributed by atoms with van der Waals surface area (Å²) < 4.78 is 2.18. The van der Waals surface area contributed by atoms with Crippen LogP contribution in [0.2, 0.25) is 0 Å². The van der Waals surface area contributed by atoms with Crippen LogP contribution in [0, 0.1) is 38.0 Å². The van der Waals surface area contributed by atoms with E-state index in [9.17, 15) is 5.26 Å². The van der Waals surface area contributed by atoms with Gasteiger partial charge < -0.3 is 4.57 Å². The monoisotopic (exact) mass is 303 g/mol. The van der Waals surface area contributed by atoms with Crippen molar-refractivity contribution in [2.24, 2.45) is 5.92 Å². The molecule has 1 aromatic heterocycles. The molecule has 0 aliphatic carbocycles. The van der Waals surface area contributed by atoms with Crippen molar-refractivity contribution in [2.75, 3.05) is 0 Å². The molecule has 0 bridgehead atoms. The number of hydrogen-bond donors (Lipinski definition) is 0. The molecule has 0 aliphatic rings.